The summed E-state index contributed by atoms with van der Waals surface area (Å²) in [6.45, 7) is 1.11. The van der Waals surface area contributed by atoms with E-state index in [2.05, 4.69) is 17.2 Å². The Kier molecular flexibility index (Phi) is 4.10. The molecule has 0 radical (unpaired) electrons. The van der Waals surface area contributed by atoms with E-state index < -0.39 is 5.60 Å². The first kappa shape index (κ1) is 15.7. The van der Waals surface area contributed by atoms with Gasteiger partial charge in [0.2, 0.25) is 0 Å². The van der Waals surface area contributed by atoms with Crippen molar-refractivity contribution in [3.63, 3.8) is 0 Å². The van der Waals surface area contributed by atoms with E-state index in [1.165, 1.54) is 5.56 Å². The number of thioether (sulfide) groups is 1. The lowest BCUT2D eigenvalue weighted by Gasteiger charge is -2.40. The van der Waals surface area contributed by atoms with Crippen LogP contribution in [-0.2, 0) is 11.3 Å². The maximum Gasteiger partial charge on any atom is 0.254 e. The molecule has 1 aromatic carbocycles. The van der Waals surface area contributed by atoms with Crippen molar-refractivity contribution in [3.8, 4) is 0 Å². The first-order valence-electron chi connectivity index (χ1n) is 8.34. The van der Waals surface area contributed by atoms with Crippen molar-refractivity contribution in [1.82, 2.24) is 14.7 Å². The van der Waals surface area contributed by atoms with Gasteiger partial charge in [0.1, 0.15) is 5.60 Å². The second-order valence-electron chi connectivity index (χ2n) is 6.53. The number of nitrogens with zero attached hydrogens (tertiary/aromatic N) is 3. The lowest BCUT2D eigenvalue weighted by atomic mass is 9.91. The van der Waals surface area contributed by atoms with E-state index in [9.17, 15) is 9.90 Å². The molecule has 0 saturated carbocycles. The third-order valence-corrected chi connectivity index (χ3v) is 6.00. The van der Waals surface area contributed by atoms with Gasteiger partial charge in [-0.1, -0.05) is 24.3 Å². The van der Waals surface area contributed by atoms with Crippen LogP contribution in [0.1, 0.15) is 30.0 Å². The average Bonchev–Trinajstić information content (AvgIpc) is 3.15. The van der Waals surface area contributed by atoms with Crippen LogP contribution in [-0.4, -0.2) is 49.3 Å². The number of carbonyl (C=O) groups is 1. The van der Waals surface area contributed by atoms with E-state index in [1.54, 1.807) is 18.0 Å². The van der Waals surface area contributed by atoms with Gasteiger partial charge >= 0.3 is 0 Å². The van der Waals surface area contributed by atoms with Gasteiger partial charge in [-0.3, -0.25) is 9.48 Å². The number of carbonyl (C=O) groups excluding carboxylic acids is 1. The summed E-state index contributed by atoms with van der Waals surface area (Å²) in [5.74, 6) is 1.55. The summed E-state index contributed by atoms with van der Waals surface area (Å²) >= 11 is 1.80. The third-order valence-electron chi connectivity index (χ3n) is 5.02. The number of benzene rings is 1. The molecule has 6 heteroatoms. The summed E-state index contributed by atoms with van der Waals surface area (Å²) in [5, 5.41) is 15.2. The van der Waals surface area contributed by atoms with E-state index in [0.717, 1.165) is 17.1 Å². The zero-order chi connectivity index (χ0) is 16.6. The monoisotopic (exact) mass is 343 g/mol. The molecule has 1 atom stereocenters. The third kappa shape index (κ3) is 2.74. The van der Waals surface area contributed by atoms with E-state index >= 15 is 0 Å². The molecule has 0 aliphatic carbocycles. The summed E-state index contributed by atoms with van der Waals surface area (Å²) in [7, 11) is 0. The highest BCUT2D eigenvalue weighted by atomic mass is 32.2. The van der Waals surface area contributed by atoms with Gasteiger partial charge < -0.3 is 10.0 Å². The molecule has 2 aliphatic rings. The Balaban J connectivity index is 1.66. The Bertz CT molecular complexity index is 726. The Morgan fingerprint density at radius 3 is 2.79 bits per heavy atom. The SMILES string of the molecule is O=C(N1Cc2ccccc2[C@H](n2cccn2)C1)C1(O)CCSCC1. The minimum Gasteiger partial charge on any atom is -0.380 e. The number of fused-ring (bicyclic) bond motifs is 1. The summed E-state index contributed by atoms with van der Waals surface area (Å²) in [5.41, 5.74) is 1.13. The summed E-state index contributed by atoms with van der Waals surface area (Å²) in [4.78, 5) is 14.8. The fourth-order valence-electron chi connectivity index (χ4n) is 3.64. The van der Waals surface area contributed by atoms with Crippen LogP contribution in [0.3, 0.4) is 0 Å². The van der Waals surface area contributed by atoms with Gasteiger partial charge in [-0.25, -0.2) is 0 Å². The molecule has 2 aromatic rings. The predicted molar refractivity (Wildman–Crippen MR) is 93.7 cm³/mol. The Labute approximate surface area is 145 Å². The molecule has 1 fully saturated rings. The normalized spacial score (nSPS) is 22.9. The second kappa shape index (κ2) is 6.26. The minimum absolute atomic E-state index is 0.00420. The van der Waals surface area contributed by atoms with E-state index in [0.29, 0.717) is 25.9 Å². The lowest BCUT2D eigenvalue weighted by Crippen LogP contribution is -2.53. The van der Waals surface area contributed by atoms with Crippen LogP contribution in [0.2, 0.25) is 0 Å². The first-order valence-corrected chi connectivity index (χ1v) is 9.49. The molecule has 3 heterocycles. The van der Waals surface area contributed by atoms with E-state index in [4.69, 9.17) is 0 Å². The van der Waals surface area contributed by atoms with Crippen LogP contribution in [0.4, 0.5) is 0 Å². The Morgan fingerprint density at radius 1 is 1.25 bits per heavy atom. The Hall–Kier alpha value is -1.79. The molecule has 4 rings (SSSR count). The van der Waals surface area contributed by atoms with Crippen molar-refractivity contribution in [2.45, 2.75) is 31.0 Å². The second-order valence-corrected chi connectivity index (χ2v) is 7.76. The topological polar surface area (TPSA) is 58.4 Å². The van der Waals surface area contributed by atoms with Crippen LogP contribution >= 0.6 is 11.8 Å². The summed E-state index contributed by atoms with van der Waals surface area (Å²) < 4.78 is 1.90. The highest BCUT2D eigenvalue weighted by molar-refractivity contribution is 7.99. The molecule has 1 amide bonds. The van der Waals surface area contributed by atoms with Gasteiger partial charge in [-0.05, 0) is 41.5 Å². The molecular formula is C18H21N3O2S. The standard InChI is InChI=1S/C18H21N3O2S/c22-17(18(23)6-10-24-11-7-18)20-12-14-4-1-2-5-15(14)16(13-20)21-9-3-8-19-21/h1-5,8-9,16,23H,6-7,10-13H2/t16-/m1/s1. The smallest absolute Gasteiger partial charge is 0.254 e. The van der Waals surface area contributed by atoms with Gasteiger partial charge in [0, 0.05) is 25.5 Å². The molecule has 1 saturated heterocycles. The van der Waals surface area contributed by atoms with Gasteiger partial charge in [-0.2, -0.15) is 16.9 Å². The van der Waals surface area contributed by atoms with Gasteiger partial charge in [0.25, 0.3) is 5.91 Å². The minimum atomic E-state index is -1.20. The van der Waals surface area contributed by atoms with Crippen molar-refractivity contribution in [2.24, 2.45) is 0 Å². The maximum atomic E-state index is 13.0. The number of hydrogen-bond donors (Lipinski definition) is 1. The molecule has 0 spiro atoms. The van der Waals surface area contributed by atoms with Crippen molar-refractivity contribution in [1.29, 1.82) is 0 Å². The Morgan fingerprint density at radius 2 is 2.04 bits per heavy atom. The molecule has 0 unspecified atom stereocenters. The maximum absolute atomic E-state index is 13.0. The number of amides is 1. The molecule has 0 bridgehead atoms. The van der Waals surface area contributed by atoms with Gasteiger partial charge in [-0.15, -0.1) is 0 Å². The first-order chi connectivity index (χ1) is 11.7. The molecule has 126 valence electrons. The fraction of sp³-hybridized carbons (Fsp3) is 0.444. The number of aromatic nitrogens is 2. The quantitative estimate of drug-likeness (QED) is 0.907. The van der Waals surface area contributed by atoms with Crippen LogP contribution in [0, 0.1) is 0 Å². The zero-order valence-electron chi connectivity index (χ0n) is 13.5. The van der Waals surface area contributed by atoms with Crippen LogP contribution in [0.5, 0.6) is 0 Å². The average molecular weight is 343 g/mol. The highest BCUT2D eigenvalue weighted by Gasteiger charge is 2.42. The molecule has 24 heavy (non-hydrogen) atoms. The number of rotatable bonds is 2. The number of aliphatic hydroxyl groups is 1. The fourth-order valence-corrected chi connectivity index (χ4v) is 4.81. The van der Waals surface area contributed by atoms with Gasteiger partial charge in [0.05, 0.1) is 6.04 Å². The summed E-state index contributed by atoms with van der Waals surface area (Å²) in [6.07, 6.45) is 4.78. The van der Waals surface area contributed by atoms with Crippen molar-refractivity contribution in [3.05, 3.63) is 53.9 Å². The molecule has 2 aliphatic heterocycles. The largest absolute Gasteiger partial charge is 0.380 e. The molecule has 5 nitrogen and oxygen atoms in total. The van der Waals surface area contributed by atoms with Crippen LogP contribution < -0.4 is 0 Å². The van der Waals surface area contributed by atoms with Gasteiger partial charge in [0.15, 0.2) is 0 Å². The van der Waals surface area contributed by atoms with E-state index in [-0.39, 0.29) is 11.9 Å². The number of hydrogen-bond acceptors (Lipinski definition) is 4. The molecule has 1 N–H and O–H groups in total. The van der Waals surface area contributed by atoms with Crippen molar-refractivity contribution in [2.75, 3.05) is 18.1 Å². The predicted octanol–water partition coefficient (Wildman–Crippen LogP) is 2.07. The highest BCUT2D eigenvalue weighted by Crippen LogP contribution is 2.34. The zero-order valence-corrected chi connectivity index (χ0v) is 14.3. The van der Waals surface area contributed by atoms with Crippen LogP contribution in [0.25, 0.3) is 0 Å². The van der Waals surface area contributed by atoms with Crippen LogP contribution in [0.15, 0.2) is 42.7 Å². The molecule has 1 aromatic heterocycles. The van der Waals surface area contributed by atoms with Crippen molar-refractivity contribution < 1.29 is 9.90 Å². The van der Waals surface area contributed by atoms with E-state index in [1.807, 2.05) is 34.0 Å². The molecular weight excluding hydrogens is 322 g/mol. The van der Waals surface area contributed by atoms with Crippen molar-refractivity contribution >= 4 is 17.7 Å². The summed E-state index contributed by atoms with van der Waals surface area (Å²) in [6, 6.07) is 10.1. The lowest BCUT2D eigenvalue weighted by molar-refractivity contribution is -0.153.